The molecule has 1 N–H and O–H groups in total. The van der Waals surface area contributed by atoms with Gasteiger partial charge in [0.2, 0.25) is 0 Å². The molecule has 104 valence electrons. The van der Waals surface area contributed by atoms with Crippen LogP contribution >= 0.6 is 0 Å². The minimum absolute atomic E-state index is 0.199. The van der Waals surface area contributed by atoms with Gasteiger partial charge in [-0.15, -0.1) is 0 Å². The molecule has 0 radical (unpaired) electrons. The van der Waals surface area contributed by atoms with Gasteiger partial charge >= 0.3 is 0 Å². The molecule has 0 saturated heterocycles. The Morgan fingerprint density at radius 3 is 2.42 bits per heavy atom. The number of nitrogens with one attached hydrogen (secondary N) is 1. The van der Waals surface area contributed by atoms with Crippen LogP contribution in [0.4, 0.5) is 4.39 Å². The van der Waals surface area contributed by atoms with Crippen molar-refractivity contribution in [2.75, 3.05) is 0 Å². The molecule has 0 atom stereocenters. The van der Waals surface area contributed by atoms with Gasteiger partial charge in [0.25, 0.3) is 5.91 Å². The van der Waals surface area contributed by atoms with Gasteiger partial charge in [-0.3, -0.25) is 4.79 Å². The van der Waals surface area contributed by atoms with Crippen LogP contribution in [0.25, 0.3) is 0 Å². The number of carbonyl (C=O) groups is 1. The second-order valence-electron chi connectivity index (χ2n) is 5.45. The highest BCUT2D eigenvalue weighted by molar-refractivity contribution is 5.96. The van der Waals surface area contributed by atoms with Crippen LogP contribution in [0, 0.1) is 12.7 Å². The molecule has 1 aromatic rings. The second kappa shape index (κ2) is 6.69. The lowest BCUT2D eigenvalue weighted by atomic mass is 9.96. The number of aryl methyl sites for hydroxylation is 1. The standard InChI is InChI=1S/C16H22FNO/c1-12-8-7-11-14(17)15(12)16(19)18-13-9-5-3-2-4-6-10-13/h7-8,11,13H,2-6,9-10H2,1H3,(H,18,19). The summed E-state index contributed by atoms with van der Waals surface area (Å²) >= 11 is 0. The minimum atomic E-state index is -0.427. The van der Waals surface area contributed by atoms with E-state index in [0.29, 0.717) is 5.56 Å². The summed E-state index contributed by atoms with van der Waals surface area (Å²) in [6.07, 6.45) is 8.12. The highest BCUT2D eigenvalue weighted by Gasteiger charge is 2.18. The lowest BCUT2D eigenvalue weighted by Crippen LogP contribution is -2.36. The van der Waals surface area contributed by atoms with E-state index < -0.39 is 5.82 Å². The summed E-state index contributed by atoms with van der Waals surface area (Å²) in [6.45, 7) is 1.77. The fourth-order valence-corrected chi connectivity index (χ4v) is 2.78. The molecule has 1 fully saturated rings. The topological polar surface area (TPSA) is 29.1 Å². The van der Waals surface area contributed by atoms with Crippen molar-refractivity contribution in [3.63, 3.8) is 0 Å². The molecule has 2 nitrogen and oxygen atoms in total. The van der Waals surface area contributed by atoms with E-state index in [9.17, 15) is 9.18 Å². The first-order valence-electron chi connectivity index (χ1n) is 7.24. The SMILES string of the molecule is Cc1cccc(F)c1C(=O)NC1CCCCCCC1. The fraction of sp³-hybridized carbons (Fsp3) is 0.562. The first kappa shape index (κ1) is 14.0. The Bertz CT molecular complexity index is 416. The van der Waals surface area contributed by atoms with Crippen LogP contribution < -0.4 is 5.32 Å². The summed E-state index contributed by atoms with van der Waals surface area (Å²) in [5.41, 5.74) is 0.896. The van der Waals surface area contributed by atoms with Crippen molar-refractivity contribution in [1.29, 1.82) is 0 Å². The summed E-state index contributed by atoms with van der Waals surface area (Å²) < 4.78 is 13.7. The average molecular weight is 263 g/mol. The van der Waals surface area contributed by atoms with Gasteiger partial charge in [0, 0.05) is 6.04 Å². The minimum Gasteiger partial charge on any atom is -0.349 e. The fourth-order valence-electron chi connectivity index (χ4n) is 2.78. The van der Waals surface area contributed by atoms with E-state index in [1.165, 1.54) is 25.3 Å². The van der Waals surface area contributed by atoms with Gasteiger partial charge in [-0.2, -0.15) is 0 Å². The second-order valence-corrected chi connectivity index (χ2v) is 5.45. The van der Waals surface area contributed by atoms with E-state index in [0.717, 1.165) is 25.7 Å². The van der Waals surface area contributed by atoms with Crippen LogP contribution in [-0.4, -0.2) is 11.9 Å². The summed E-state index contributed by atoms with van der Waals surface area (Å²) in [7, 11) is 0. The Balaban J connectivity index is 2.03. The molecule has 1 aromatic carbocycles. The van der Waals surface area contributed by atoms with Crippen molar-refractivity contribution < 1.29 is 9.18 Å². The van der Waals surface area contributed by atoms with Crippen molar-refractivity contribution >= 4 is 5.91 Å². The number of hydrogen-bond donors (Lipinski definition) is 1. The predicted molar refractivity (Wildman–Crippen MR) is 74.7 cm³/mol. The Kier molecular flexibility index (Phi) is 4.94. The third-order valence-electron chi connectivity index (χ3n) is 3.89. The number of carbonyl (C=O) groups excluding carboxylic acids is 1. The van der Waals surface area contributed by atoms with Crippen molar-refractivity contribution in [2.45, 2.75) is 57.9 Å². The third kappa shape index (κ3) is 3.79. The maximum absolute atomic E-state index is 13.7. The number of benzene rings is 1. The molecular formula is C16H22FNO. The van der Waals surface area contributed by atoms with Gasteiger partial charge in [0.1, 0.15) is 5.82 Å². The summed E-state index contributed by atoms with van der Waals surface area (Å²) in [6, 6.07) is 4.96. The van der Waals surface area contributed by atoms with Crippen molar-refractivity contribution in [2.24, 2.45) is 0 Å². The van der Waals surface area contributed by atoms with Gasteiger partial charge in [0.05, 0.1) is 5.56 Å². The number of hydrogen-bond acceptors (Lipinski definition) is 1. The molecular weight excluding hydrogens is 241 g/mol. The largest absolute Gasteiger partial charge is 0.349 e. The van der Waals surface area contributed by atoms with Crippen molar-refractivity contribution in [3.05, 3.63) is 35.1 Å². The molecule has 1 saturated carbocycles. The Hall–Kier alpha value is -1.38. The summed E-state index contributed by atoms with van der Waals surface area (Å²) in [4.78, 5) is 12.2. The molecule has 0 heterocycles. The molecule has 0 bridgehead atoms. The molecule has 1 amide bonds. The first-order chi connectivity index (χ1) is 9.18. The molecule has 3 heteroatoms. The van der Waals surface area contributed by atoms with Crippen LogP contribution in [0.15, 0.2) is 18.2 Å². The molecule has 0 aliphatic heterocycles. The monoisotopic (exact) mass is 263 g/mol. The van der Waals surface area contributed by atoms with Gasteiger partial charge in [0.15, 0.2) is 0 Å². The normalized spacial score (nSPS) is 17.6. The van der Waals surface area contributed by atoms with Gasteiger partial charge in [-0.1, -0.05) is 44.2 Å². The quantitative estimate of drug-likeness (QED) is 0.859. The number of halogens is 1. The van der Waals surface area contributed by atoms with E-state index in [-0.39, 0.29) is 17.5 Å². The lowest BCUT2D eigenvalue weighted by Gasteiger charge is -2.21. The van der Waals surface area contributed by atoms with E-state index in [1.54, 1.807) is 19.1 Å². The predicted octanol–water partition coefficient (Wildman–Crippen LogP) is 3.98. The maximum atomic E-state index is 13.7. The Morgan fingerprint density at radius 2 is 1.79 bits per heavy atom. The summed E-state index contributed by atoms with van der Waals surface area (Å²) in [5.74, 6) is -0.690. The van der Waals surface area contributed by atoms with E-state index in [1.807, 2.05) is 0 Å². The highest BCUT2D eigenvalue weighted by atomic mass is 19.1. The third-order valence-corrected chi connectivity index (χ3v) is 3.89. The Morgan fingerprint density at radius 1 is 1.16 bits per heavy atom. The molecule has 0 spiro atoms. The van der Waals surface area contributed by atoms with Crippen LogP contribution in [0.1, 0.15) is 60.9 Å². The highest BCUT2D eigenvalue weighted by Crippen LogP contribution is 2.18. The molecule has 1 aliphatic rings. The molecule has 0 aromatic heterocycles. The van der Waals surface area contributed by atoms with Crippen molar-refractivity contribution in [3.8, 4) is 0 Å². The van der Waals surface area contributed by atoms with Gasteiger partial charge in [-0.25, -0.2) is 4.39 Å². The zero-order valence-corrected chi connectivity index (χ0v) is 11.5. The van der Waals surface area contributed by atoms with Crippen LogP contribution in [-0.2, 0) is 0 Å². The summed E-state index contributed by atoms with van der Waals surface area (Å²) in [5, 5.41) is 3.01. The van der Waals surface area contributed by atoms with Crippen LogP contribution in [0.3, 0.4) is 0 Å². The van der Waals surface area contributed by atoms with E-state index in [2.05, 4.69) is 5.32 Å². The smallest absolute Gasteiger partial charge is 0.254 e. The average Bonchev–Trinajstić information content (AvgIpc) is 2.32. The Labute approximate surface area is 114 Å². The molecule has 2 rings (SSSR count). The number of amides is 1. The first-order valence-corrected chi connectivity index (χ1v) is 7.24. The zero-order chi connectivity index (χ0) is 13.7. The molecule has 19 heavy (non-hydrogen) atoms. The molecule has 1 aliphatic carbocycles. The van der Waals surface area contributed by atoms with Crippen molar-refractivity contribution in [1.82, 2.24) is 5.32 Å². The van der Waals surface area contributed by atoms with E-state index >= 15 is 0 Å². The van der Waals surface area contributed by atoms with Crippen LogP contribution in [0.5, 0.6) is 0 Å². The maximum Gasteiger partial charge on any atom is 0.254 e. The zero-order valence-electron chi connectivity index (χ0n) is 11.5. The number of rotatable bonds is 2. The lowest BCUT2D eigenvalue weighted by molar-refractivity contribution is 0.0925. The van der Waals surface area contributed by atoms with Crippen LogP contribution in [0.2, 0.25) is 0 Å². The molecule has 0 unspecified atom stereocenters. The van der Waals surface area contributed by atoms with Gasteiger partial charge in [-0.05, 0) is 31.4 Å². The van der Waals surface area contributed by atoms with Gasteiger partial charge < -0.3 is 5.32 Å². The van der Waals surface area contributed by atoms with E-state index in [4.69, 9.17) is 0 Å².